The molecule has 0 spiro atoms. The van der Waals surface area contributed by atoms with Gasteiger partial charge >= 0.3 is 6.03 Å². The third-order valence-corrected chi connectivity index (χ3v) is 6.20. The van der Waals surface area contributed by atoms with Gasteiger partial charge in [-0.3, -0.25) is 4.98 Å². The fourth-order valence-corrected chi connectivity index (χ4v) is 4.26. The summed E-state index contributed by atoms with van der Waals surface area (Å²) in [6.45, 7) is 6.39. The topological polar surface area (TPSA) is 109 Å². The van der Waals surface area contributed by atoms with E-state index < -0.39 is 0 Å². The van der Waals surface area contributed by atoms with Gasteiger partial charge in [-0.2, -0.15) is 0 Å². The van der Waals surface area contributed by atoms with Crippen molar-refractivity contribution >= 4 is 23.0 Å². The van der Waals surface area contributed by atoms with E-state index in [4.69, 9.17) is 14.8 Å². The molecule has 0 atom stereocenters. The molecule has 182 valence electrons. The molecule has 0 aromatic carbocycles. The number of pyridine rings is 1. The number of nitrogens with one attached hydrogen (secondary N) is 1. The second-order valence-corrected chi connectivity index (χ2v) is 8.91. The predicted molar refractivity (Wildman–Crippen MR) is 128 cm³/mol. The lowest BCUT2D eigenvalue weighted by molar-refractivity contribution is -0.691. The molecule has 0 bridgehead atoms. The highest BCUT2D eigenvalue weighted by Gasteiger charge is 2.24. The number of nitrogens with zero attached hydrogens (tertiary/aromatic N) is 6. The Kier molecular flexibility index (Phi) is 7.69. The van der Waals surface area contributed by atoms with Gasteiger partial charge in [-0.25, -0.2) is 19.3 Å². The monoisotopic (exact) mass is 468 g/mol. The normalized spacial score (nSPS) is 14.8. The number of carbonyl (C=O) groups is 1. The average molecular weight is 469 g/mol. The Bertz CT molecular complexity index is 1120. The van der Waals surface area contributed by atoms with Crippen LogP contribution in [0.4, 0.5) is 10.7 Å². The van der Waals surface area contributed by atoms with E-state index in [2.05, 4.69) is 38.6 Å². The molecule has 1 aliphatic rings. The Balaban J connectivity index is 1.55. The lowest BCUT2D eigenvalue weighted by Crippen LogP contribution is -2.37. The number of amides is 1. The smallest absolute Gasteiger partial charge is 0.396 e. The summed E-state index contributed by atoms with van der Waals surface area (Å²) in [5.41, 5.74) is 3.46. The first-order valence-corrected chi connectivity index (χ1v) is 11.9. The molecule has 4 rings (SSSR count). The van der Waals surface area contributed by atoms with Crippen molar-refractivity contribution in [3.63, 3.8) is 0 Å². The average Bonchev–Trinajstić information content (AvgIpc) is 3.24. The first-order valence-electron chi connectivity index (χ1n) is 11.9. The number of carbonyl (C=O) groups excluding carboxylic acids is 1. The second-order valence-electron chi connectivity index (χ2n) is 8.91. The third-order valence-electron chi connectivity index (χ3n) is 6.20. The summed E-state index contributed by atoms with van der Waals surface area (Å²) >= 11 is 0. The highest BCUT2D eigenvalue weighted by atomic mass is 16.5. The van der Waals surface area contributed by atoms with Gasteiger partial charge in [0.05, 0.1) is 29.7 Å². The summed E-state index contributed by atoms with van der Waals surface area (Å²) in [5.74, 6) is 0.746. The van der Waals surface area contributed by atoms with Gasteiger partial charge in [-0.15, -0.1) is 4.57 Å². The molecule has 0 aliphatic carbocycles. The summed E-state index contributed by atoms with van der Waals surface area (Å²) in [5, 5.41) is 11.8. The summed E-state index contributed by atoms with van der Waals surface area (Å²) < 4.78 is 9.11. The van der Waals surface area contributed by atoms with Crippen molar-refractivity contribution in [2.24, 2.45) is 0 Å². The summed E-state index contributed by atoms with van der Waals surface area (Å²) in [7, 11) is 1.77. The molecular weight excluding hydrogens is 434 g/mol. The van der Waals surface area contributed by atoms with Crippen molar-refractivity contribution in [3.05, 3.63) is 42.2 Å². The van der Waals surface area contributed by atoms with E-state index in [0.717, 1.165) is 54.3 Å². The zero-order valence-corrected chi connectivity index (χ0v) is 20.1. The molecule has 4 heterocycles. The van der Waals surface area contributed by atoms with Gasteiger partial charge in [0.15, 0.2) is 5.52 Å². The Morgan fingerprint density at radius 3 is 2.79 bits per heavy atom. The number of rotatable bonds is 8. The van der Waals surface area contributed by atoms with Gasteiger partial charge in [0.25, 0.3) is 6.33 Å². The van der Waals surface area contributed by atoms with Crippen LogP contribution in [0.25, 0.3) is 11.0 Å². The zero-order valence-electron chi connectivity index (χ0n) is 20.1. The number of hydrogen-bond acceptors (Lipinski definition) is 7. The van der Waals surface area contributed by atoms with Gasteiger partial charge in [-0.1, -0.05) is 0 Å². The van der Waals surface area contributed by atoms with Crippen LogP contribution in [-0.2, 0) is 11.2 Å². The summed E-state index contributed by atoms with van der Waals surface area (Å²) in [6, 6.07) is 3.89. The molecule has 3 aromatic heterocycles. The number of aliphatic hydroxyl groups excluding tert-OH is 1. The van der Waals surface area contributed by atoms with Crippen molar-refractivity contribution in [2.45, 2.75) is 51.7 Å². The van der Waals surface area contributed by atoms with Crippen molar-refractivity contribution in [3.8, 4) is 0 Å². The number of aromatic nitrogens is 5. The molecule has 10 heteroatoms. The van der Waals surface area contributed by atoms with Crippen molar-refractivity contribution < 1.29 is 19.2 Å². The summed E-state index contributed by atoms with van der Waals surface area (Å²) in [4.78, 5) is 28.8. The van der Waals surface area contributed by atoms with Crippen LogP contribution in [0.1, 0.15) is 50.5 Å². The number of piperidine rings is 1. The van der Waals surface area contributed by atoms with Crippen LogP contribution in [0.15, 0.2) is 30.9 Å². The molecule has 1 aliphatic heterocycles. The SMILES string of the molecule is COC1CCN(c2nccc(Cc3cc4c(cn3)n(C(=O)NCCCO)c[n+]4C(C)C)n2)CC1. The fraction of sp³-hybridized carbons (Fsp3) is 0.542. The Hall–Kier alpha value is -3.11. The molecule has 0 unspecified atom stereocenters. The highest BCUT2D eigenvalue weighted by Crippen LogP contribution is 2.19. The molecule has 1 saturated heterocycles. The van der Waals surface area contributed by atoms with Crippen LogP contribution in [0.5, 0.6) is 0 Å². The lowest BCUT2D eigenvalue weighted by atomic mass is 10.1. The van der Waals surface area contributed by atoms with E-state index in [1.807, 2.05) is 18.5 Å². The van der Waals surface area contributed by atoms with E-state index >= 15 is 0 Å². The maximum Gasteiger partial charge on any atom is 0.413 e. The Morgan fingerprint density at radius 1 is 1.29 bits per heavy atom. The first kappa shape index (κ1) is 24.0. The van der Waals surface area contributed by atoms with Crippen LogP contribution < -0.4 is 14.8 Å². The van der Waals surface area contributed by atoms with Crippen LogP contribution in [-0.4, -0.2) is 70.1 Å². The largest absolute Gasteiger partial charge is 0.413 e. The number of hydrogen-bond donors (Lipinski definition) is 2. The van der Waals surface area contributed by atoms with Gasteiger partial charge in [-0.05, 0) is 39.2 Å². The molecule has 10 nitrogen and oxygen atoms in total. The molecule has 2 N–H and O–H groups in total. The van der Waals surface area contributed by atoms with E-state index in [1.54, 1.807) is 24.1 Å². The number of imidazole rings is 1. The maximum atomic E-state index is 12.7. The van der Waals surface area contributed by atoms with Crippen LogP contribution >= 0.6 is 0 Å². The minimum atomic E-state index is -0.231. The minimum Gasteiger partial charge on any atom is -0.396 e. The lowest BCUT2D eigenvalue weighted by Gasteiger charge is -2.31. The second kappa shape index (κ2) is 10.9. The number of ether oxygens (including phenoxy) is 1. The van der Waals surface area contributed by atoms with E-state index in [1.165, 1.54) is 0 Å². The maximum absolute atomic E-state index is 12.7. The number of aliphatic hydroxyl groups is 1. The molecular formula is C24H34N7O3+. The van der Waals surface area contributed by atoms with Crippen LogP contribution in [0.3, 0.4) is 0 Å². The van der Waals surface area contributed by atoms with E-state index in [9.17, 15) is 4.79 Å². The zero-order chi connectivity index (χ0) is 24.1. The Morgan fingerprint density at radius 2 is 2.09 bits per heavy atom. The van der Waals surface area contributed by atoms with Crippen LogP contribution in [0.2, 0.25) is 0 Å². The number of anilines is 1. The molecule has 34 heavy (non-hydrogen) atoms. The molecule has 1 fully saturated rings. The van der Waals surface area contributed by atoms with Gasteiger partial charge in [0.1, 0.15) is 0 Å². The highest BCUT2D eigenvalue weighted by molar-refractivity contribution is 5.87. The van der Waals surface area contributed by atoms with Gasteiger partial charge in [0, 0.05) is 52.0 Å². The molecule has 3 aromatic rings. The molecule has 0 saturated carbocycles. The van der Waals surface area contributed by atoms with Crippen molar-refractivity contribution in [1.29, 1.82) is 0 Å². The van der Waals surface area contributed by atoms with Crippen molar-refractivity contribution in [2.75, 3.05) is 38.3 Å². The third kappa shape index (κ3) is 5.34. The quantitative estimate of drug-likeness (QED) is 0.383. The van der Waals surface area contributed by atoms with E-state index in [-0.39, 0.29) is 18.7 Å². The molecule has 0 radical (unpaired) electrons. The van der Waals surface area contributed by atoms with Crippen LogP contribution in [0, 0.1) is 0 Å². The molecule has 1 amide bonds. The number of methoxy groups -OCH3 is 1. The predicted octanol–water partition coefficient (Wildman–Crippen LogP) is 1.84. The Labute approximate surface area is 199 Å². The minimum absolute atomic E-state index is 0.0415. The summed E-state index contributed by atoms with van der Waals surface area (Å²) in [6.07, 6.45) is 8.71. The number of fused-ring (bicyclic) bond motifs is 1. The van der Waals surface area contributed by atoms with Gasteiger partial charge in [0.2, 0.25) is 11.5 Å². The van der Waals surface area contributed by atoms with E-state index in [0.29, 0.717) is 25.5 Å². The fourth-order valence-electron chi connectivity index (χ4n) is 4.26. The van der Waals surface area contributed by atoms with Crippen molar-refractivity contribution in [1.82, 2.24) is 24.8 Å². The van der Waals surface area contributed by atoms with Gasteiger partial charge < -0.3 is 20.1 Å². The first-order chi connectivity index (χ1) is 16.5. The standard InChI is InChI=1S/C24H33N7O3/c1-17(2)30-16-31(24(33)26-8-4-12-32)22-15-27-19(14-21(22)30)13-18-5-9-25-23(28-18)29-10-6-20(34-3)7-11-29/h5,9,14-17,20,32H,4,6-8,10-13H2,1-3H3/p+1.